The summed E-state index contributed by atoms with van der Waals surface area (Å²) < 4.78 is 0. The second-order valence-electron chi connectivity index (χ2n) is 2.81. The standard InChI is InChI=1S/C5H11N.C4H10.C2H6/c1-2-4-6-5-3-1;1-3-4-2;1-2/h6H,1-5H2;3-4H2,1-2H3;1-2H3. The van der Waals surface area contributed by atoms with E-state index in [1.165, 1.54) is 45.2 Å². The molecule has 1 rings (SSSR count). The van der Waals surface area contributed by atoms with Crippen LogP contribution in [-0.2, 0) is 0 Å². The molecule has 1 heteroatoms. The Hall–Kier alpha value is -0.0400. The lowest BCUT2D eigenvalue weighted by atomic mass is 10.2. The summed E-state index contributed by atoms with van der Waals surface area (Å²) in [5.41, 5.74) is 0. The summed E-state index contributed by atoms with van der Waals surface area (Å²) in [6, 6.07) is 0. The number of hydrogen-bond donors (Lipinski definition) is 1. The van der Waals surface area contributed by atoms with E-state index in [-0.39, 0.29) is 0 Å². The van der Waals surface area contributed by atoms with Gasteiger partial charge in [-0.1, -0.05) is 47.0 Å². The van der Waals surface area contributed by atoms with Gasteiger partial charge in [0.05, 0.1) is 0 Å². The van der Waals surface area contributed by atoms with Gasteiger partial charge in [-0.3, -0.25) is 0 Å². The van der Waals surface area contributed by atoms with Crippen molar-refractivity contribution in [1.29, 1.82) is 0 Å². The van der Waals surface area contributed by atoms with Gasteiger partial charge in [-0.15, -0.1) is 0 Å². The average molecular weight is 173 g/mol. The second kappa shape index (κ2) is 17.2. The van der Waals surface area contributed by atoms with Gasteiger partial charge in [0.15, 0.2) is 0 Å². The van der Waals surface area contributed by atoms with E-state index < -0.39 is 0 Å². The number of piperidine rings is 1. The molecule has 76 valence electrons. The zero-order chi connectivity index (χ0) is 9.66. The predicted molar refractivity (Wildman–Crippen MR) is 58.7 cm³/mol. The molecule has 0 unspecified atom stereocenters. The summed E-state index contributed by atoms with van der Waals surface area (Å²) in [7, 11) is 0. The van der Waals surface area contributed by atoms with Gasteiger partial charge in [-0.2, -0.15) is 0 Å². The van der Waals surface area contributed by atoms with Gasteiger partial charge in [-0.25, -0.2) is 0 Å². The van der Waals surface area contributed by atoms with Crippen molar-refractivity contribution < 1.29 is 0 Å². The highest BCUT2D eigenvalue weighted by molar-refractivity contribution is 4.55. The van der Waals surface area contributed by atoms with E-state index in [0.29, 0.717) is 0 Å². The smallest absolute Gasteiger partial charge is 0.00489 e. The second-order valence-corrected chi connectivity index (χ2v) is 2.81. The first-order chi connectivity index (χ1) is 5.91. The Morgan fingerprint density at radius 1 is 0.833 bits per heavy atom. The first-order valence-corrected chi connectivity index (χ1v) is 5.62. The molecule has 1 fully saturated rings. The maximum Gasteiger partial charge on any atom is -0.00489 e. The van der Waals surface area contributed by atoms with Gasteiger partial charge < -0.3 is 5.32 Å². The first kappa shape index (κ1) is 14.5. The molecule has 1 aliphatic rings. The minimum atomic E-state index is 1.25. The Kier molecular flexibility index (Phi) is 20.7. The van der Waals surface area contributed by atoms with Crippen LogP contribution in [0.4, 0.5) is 0 Å². The number of rotatable bonds is 1. The highest BCUT2D eigenvalue weighted by atomic mass is 14.9. The molecular weight excluding hydrogens is 146 g/mol. The van der Waals surface area contributed by atoms with E-state index in [2.05, 4.69) is 19.2 Å². The largest absolute Gasteiger partial charge is 0.317 e. The molecule has 0 amide bonds. The topological polar surface area (TPSA) is 12.0 Å². The van der Waals surface area contributed by atoms with Crippen molar-refractivity contribution in [3.63, 3.8) is 0 Å². The Bertz CT molecular complexity index is 35.5. The molecule has 1 saturated heterocycles. The van der Waals surface area contributed by atoms with Crippen LogP contribution in [-0.4, -0.2) is 13.1 Å². The fourth-order valence-corrected chi connectivity index (χ4v) is 0.802. The molecule has 12 heavy (non-hydrogen) atoms. The molecule has 0 bridgehead atoms. The minimum absolute atomic E-state index is 1.25. The van der Waals surface area contributed by atoms with Crippen LogP contribution >= 0.6 is 0 Å². The van der Waals surface area contributed by atoms with Crippen molar-refractivity contribution in [2.24, 2.45) is 0 Å². The van der Waals surface area contributed by atoms with Crippen molar-refractivity contribution in [2.75, 3.05) is 13.1 Å². The van der Waals surface area contributed by atoms with Crippen LogP contribution in [0.3, 0.4) is 0 Å². The molecule has 0 aromatic carbocycles. The van der Waals surface area contributed by atoms with E-state index in [9.17, 15) is 0 Å². The van der Waals surface area contributed by atoms with Crippen molar-refractivity contribution in [3.8, 4) is 0 Å². The van der Waals surface area contributed by atoms with E-state index >= 15 is 0 Å². The van der Waals surface area contributed by atoms with Gasteiger partial charge in [0, 0.05) is 0 Å². The van der Waals surface area contributed by atoms with Crippen molar-refractivity contribution in [2.45, 2.75) is 59.8 Å². The average Bonchev–Trinajstić information content (AvgIpc) is 2.24. The van der Waals surface area contributed by atoms with E-state index in [4.69, 9.17) is 0 Å². The van der Waals surface area contributed by atoms with Gasteiger partial charge in [0.25, 0.3) is 0 Å². The molecule has 0 radical (unpaired) electrons. The Labute approximate surface area is 78.9 Å². The lowest BCUT2D eigenvalue weighted by Gasteiger charge is -2.08. The summed E-state index contributed by atoms with van der Waals surface area (Å²) in [5.74, 6) is 0. The minimum Gasteiger partial charge on any atom is -0.317 e. The highest BCUT2D eigenvalue weighted by Crippen LogP contribution is 1.96. The van der Waals surface area contributed by atoms with Crippen molar-refractivity contribution in [1.82, 2.24) is 5.32 Å². The summed E-state index contributed by atoms with van der Waals surface area (Å²) >= 11 is 0. The predicted octanol–water partition coefficient (Wildman–Crippen LogP) is 3.59. The summed E-state index contributed by atoms with van der Waals surface area (Å²) in [4.78, 5) is 0. The Morgan fingerprint density at radius 2 is 1.25 bits per heavy atom. The first-order valence-electron chi connectivity index (χ1n) is 5.62. The van der Waals surface area contributed by atoms with Crippen LogP contribution in [0.25, 0.3) is 0 Å². The zero-order valence-corrected chi connectivity index (χ0v) is 9.45. The van der Waals surface area contributed by atoms with E-state index in [1.54, 1.807) is 0 Å². The lowest BCUT2D eigenvalue weighted by Crippen LogP contribution is -2.21. The molecule has 0 spiro atoms. The molecule has 1 N–H and O–H groups in total. The molecule has 0 aromatic rings. The van der Waals surface area contributed by atoms with E-state index in [1.807, 2.05) is 13.8 Å². The third-order valence-corrected chi connectivity index (χ3v) is 1.71. The highest BCUT2D eigenvalue weighted by Gasteiger charge is 1.93. The summed E-state index contributed by atoms with van der Waals surface area (Å²) in [5, 5.41) is 3.28. The lowest BCUT2D eigenvalue weighted by molar-refractivity contribution is 0.520. The quantitative estimate of drug-likeness (QED) is 0.639. The molecule has 0 aromatic heterocycles. The van der Waals surface area contributed by atoms with Crippen LogP contribution < -0.4 is 5.32 Å². The van der Waals surface area contributed by atoms with Crippen LogP contribution in [0.1, 0.15) is 59.8 Å². The Balaban J connectivity index is 0. The molecule has 1 aliphatic heterocycles. The van der Waals surface area contributed by atoms with Crippen LogP contribution in [0, 0.1) is 0 Å². The molecule has 1 nitrogen and oxygen atoms in total. The molecule has 0 saturated carbocycles. The van der Waals surface area contributed by atoms with Gasteiger partial charge >= 0.3 is 0 Å². The van der Waals surface area contributed by atoms with E-state index in [0.717, 1.165) is 0 Å². The fraction of sp³-hybridized carbons (Fsp3) is 1.00. The van der Waals surface area contributed by atoms with Crippen LogP contribution in [0.2, 0.25) is 0 Å². The zero-order valence-electron chi connectivity index (χ0n) is 9.45. The third-order valence-electron chi connectivity index (χ3n) is 1.71. The maximum absolute atomic E-state index is 3.28. The molecule has 0 aliphatic carbocycles. The van der Waals surface area contributed by atoms with Gasteiger partial charge in [0.2, 0.25) is 0 Å². The number of unbranched alkanes of at least 4 members (excludes halogenated alkanes) is 1. The normalized spacial score (nSPS) is 15.0. The third kappa shape index (κ3) is 16.5. The molecule has 1 heterocycles. The SMILES string of the molecule is C1CCNCC1.CC.CCCC. The van der Waals surface area contributed by atoms with Gasteiger partial charge in [0.1, 0.15) is 0 Å². The monoisotopic (exact) mass is 173 g/mol. The van der Waals surface area contributed by atoms with Crippen molar-refractivity contribution >= 4 is 0 Å². The summed E-state index contributed by atoms with van der Waals surface area (Å²) in [6.07, 6.45) is 6.85. The van der Waals surface area contributed by atoms with Crippen LogP contribution in [0.15, 0.2) is 0 Å². The maximum atomic E-state index is 3.28. The van der Waals surface area contributed by atoms with Gasteiger partial charge in [-0.05, 0) is 25.9 Å². The molecular formula is C11H27N. The van der Waals surface area contributed by atoms with Crippen molar-refractivity contribution in [3.05, 3.63) is 0 Å². The fourth-order valence-electron chi connectivity index (χ4n) is 0.802. The Morgan fingerprint density at radius 3 is 1.33 bits per heavy atom. The van der Waals surface area contributed by atoms with Crippen LogP contribution in [0.5, 0.6) is 0 Å². The number of nitrogens with one attached hydrogen (secondary N) is 1. The summed E-state index contributed by atoms with van der Waals surface area (Å²) in [6.45, 7) is 10.9. The number of hydrogen-bond acceptors (Lipinski definition) is 1. The molecule has 0 atom stereocenters.